The molecule has 1 N–H and O–H groups in total. The standard InChI is InChI=1S/C23H15F4N5O3/c1-31-19(29-30-22(31)34)12-32-8-7-16(23(25,26)27)20(21(32)33)35-18-6-5-15(10-17(18)24)14-4-2-3-13(9-14)11-28/h2-10H,12H2,1H3,(H,30,34). The van der Waals surface area contributed by atoms with Crippen LogP contribution in [-0.4, -0.2) is 19.3 Å². The molecule has 0 radical (unpaired) electrons. The van der Waals surface area contributed by atoms with Crippen LogP contribution in [0.15, 0.2) is 64.3 Å². The van der Waals surface area contributed by atoms with Gasteiger partial charge in [-0.25, -0.2) is 14.3 Å². The summed E-state index contributed by atoms with van der Waals surface area (Å²) < 4.78 is 62.8. The van der Waals surface area contributed by atoms with Gasteiger partial charge in [-0.2, -0.15) is 23.5 Å². The van der Waals surface area contributed by atoms with Crippen LogP contribution < -0.4 is 16.0 Å². The first-order valence-electron chi connectivity index (χ1n) is 9.97. The maximum absolute atomic E-state index is 14.8. The quantitative estimate of drug-likeness (QED) is 0.433. The molecule has 0 bridgehead atoms. The van der Waals surface area contributed by atoms with E-state index in [9.17, 15) is 27.2 Å². The third-order valence-electron chi connectivity index (χ3n) is 5.18. The molecule has 8 nitrogen and oxygen atoms in total. The van der Waals surface area contributed by atoms with Crippen LogP contribution in [0.25, 0.3) is 11.1 Å². The monoisotopic (exact) mass is 485 g/mol. The van der Waals surface area contributed by atoms with E-state index in [1.165, 1.54) is 19.2 Å². The van der Waals surface area contributed by atoms with Crippen molar-refractivity contribution in [3.63, 3.8) is 0 Å². The number of aromatic amines is 1. The number of hydrogen-bond donors (Lipinski definition) is 1. The minimum absolute atomic E-state index is 0.0814. The second-order valence-corrected chi connectivity index (χ2v) is 7.43. The Morgan fingerprint density at radius 2 is 1.86 bits per heavy atom. The fourth-order valence-corrected chi connectivity index (χ4v) is 3.31. The molecule has 0 aliphatic carbocycles. The van der Waals surface area contributed by atoms with E-state index in [1.807, 2.05) is 6.07 Å². The highest BCUT2D eigenvalue weighted by atomic mass is 19.4. The molecule has 0 saturated carbocycles. The third-order valence-corrected chi connectivity index (χ3v) is 5.18. The van der Waals surface area contributed by atoms with E-state index in [0.717, 1.165) is 27.5 Å². The van der Waals surface area contributed by atoms with Crippen LogP contribution in [0.4, 0.5) is 17.6 Å². The Morgan fingerprint density at radius 3 is 2.49 bits per heavy atom. The Morgan fingerprint density at radius 1 is 1.11 bits per heavy atom. The molecule has 35 heavy (non-hydrogen) atoms. The van der Waals surface area contributed by atoms with E-state index in [0.29, 0.717) is 22.8 Å². The van der Waals surface area contributed by atoms with Gasteiger partial charge in [-0.1, -0.05) is 18.2 Å². The van der Waals surface area contributed by atoms with Gasteiger partial charge in [0.05, 0.1) is 18.2 Å². The van der Waals surface area contributed by atoms with Crippen LogP contribution in [-0.2, 0) is 19.8 Å². The molecule has 0 atom stereocenters. The van der Waals surface area contributed by atoms with Crippen molar-refractivity contribution in [2.45, 2.75) is 12.7 Å². The minimum Gasteiger partial charge on any atom is -0.448 e. The van der Waals surface area contributed by atoms with E-state index >= 15 is 0 Å². The summed E-state index contributed by atoms with van der Waals surface area (Å²) in [5, 5.41) is 14.9. The van der Waals surface area contributed by atoms with Gasteiger partial charge in [0.2, 0.25) is 5.75 Å². The molecule has 2 heterocycles. The lowest BCUT2D eigenvalue weighted by molar-refractivity contribution is -0.138. The van der Waals surface area contributed by atoms with Gasteiger partial charge < -0.3 is 9.30 Å². The predicted molar refractivity (Wildman–Crippen MR) is 115 cm³/mol. The number of rotatable bonds is 5. The molecular formula is C23H15F4N5O3. The number of ether oxygens (including phenoxy) is 1. The molecule has 0 aliphatic heterocycles. The number of pyridine rings is 1. The van der Waals surface area contributed by atoms with Gasteiger partial charge in [-0.05, 0) is 41.5 Å². The van der Waals surface area contributed by atoms with Crippen molar-refractivity contribution >= 4 is 0 Å². The first-order valence-corrected chi connectivity index (χ1v) is 9.97. The first-order chi connectivity index (χ1) is 16.6. The van der Waals surface area contributed by atoms with Crippen LogP contribution >= 0.6 is 0 Å². The van der Waals surface area contributed by atoms with Crippen LogP contribution in [0.1, 0.15) is 17.0 Å². The number of nitrogens with zero attached hydrogens (tertiary/aromatic N) is 4. The Bertz CT molecular complexity index is 1580. The largest absolute Gasteiger partial charge is 0.448 e. The fourth-order valence-electron chi connectivity index (χ4n) is 3.31. The molecule has 0 unspecified atom stereocenters. The summed E-state index contributed by atoms with van der Waals surface area (Å²) in [4.78, 5) is 24.4. The van der Waals surface area contributed by atoms with E-state index in [-0.39, 0.29) is 12.4 Å². The van der Waals surface area contributed by atoms with Gasteiger partial charge in [0, 0.05) is 13.2 Å². The van der Waals surface area contributed by atoms with Crippen molar-refractivity contribution in [3.05, 3.63) is 98.3 Å². The Labute approximate surface area is 194 Å². The van der Waals surface area contributed by atoms with Gasteiger partial charge in [0.1, 0.15) is 5.56 Å². The molecule has 4 rings (SSSR count). The molecule has 0 amide bonds. The molecule has 0 saturated heterocycles. The minimum atomic E-state index is -4.96. The molecule has 0 spiro atoms. The number of hydrogen-bond acceptors (Lipinski definition) is 5. The third kappa shape index (κ3) is 4.70. The molecule has 2 aromatic heterocycles. The zero-order valence-corrected chi connectivity index (χ0v) is 17.9. The normalized spacial score (nSPS) is 11.3. The summed E-state index contributed by atoms with van der Waals surface area (Å²) in [6.07, 6.45) is -4.07. The van der Waals surface area contributed by atoms with Crippen LogP contribution in [0.5, 0.6) is 11.5 Å². The van der Waals surface area contributed by atoms with E-state index in [1.54, 1.807) is 18.2 Å². The number of nitriles is 1. The van der Waals surface area contributed by atoms with Crippen LogP contribution in [0, 0.1) is 17.1 Å². The summed E-state index contributed by atoms with van der Waals surface area (Å²) in [6.45, 7) is -0.334. The summed E-state index contributed by atoms with van der Waals surface area (Å²) >= 11 is 0. The zero-order valence-electron chi connectivity index (χ0n) is 17.9. The predicted octanol–water partition coefficient (Wildman–Crippen LogP) is 3.81. The maximum atomic E-state index is 14.8. The van der Waals surface area contributed by atoms with E-state index < -0.39 is 40.3 Å². The van der Waals surface area contributed by atoms with Gasteiger partial charge >= 0.3 is 11.9 Å². The highest BCUT2D eigenvalue weighted by molar-refractivity contribution is 5.66. The molecule has 2 aromatic carbocycles. The fraction of sp³-hybridized carbons (Fsp3) is 0.130. The molecule has 178 valence electrons. The Hall–Kier alpha value is -4.66. The number of aromatic nitrogens is 4. The number of halogens is 4. The molecule has 0 aliphatic rings. The summed E-state index contributed by atoms with van der Waals surface area (Å²) in [7, 11) is 1.37. The number of alkyl halides is 3. The summed E-state index contributed by atoms with van der Waals surface area (Å²) in [5.41, 5.74) is -1.94. The molecule has 4 aromatic rings. The summed E-state index contributed by atoms with van der Waals surface area (Å²) in [6, 6.07) is 12.4. The van der Waals surface area contributed by atoms with Crippen LogP contribution in [0.3, 0.4) is 0 Å². The second-order valence-electron chi connectivity index (χ2n) is 7.43. The number of H-pyrrole nitrogens is 1. The zero-order chi connectivity index (χ0) is 25.3. The number of benzene rings is 2. The van der Waals surface area contributed by atoms with Crippen molar-refractivity contribution in [2.75, 3.05) is 0 Å². The maximum Gasteiger partial charge on any atom is 0.420 e. The highest BCUT2D eigenvalue weighted by Gasteiger charge is 2.37. The van der Waals surface area contributed by atoms with Gasteiger partial charge in [-0.3, -0.25) is 9.36 Å². The average molecular weight is 485 g/mol. The lowest BCUT2D eigenvalue weighted by Gasteiger charge is -2.16. The van der Waals surface area contributed by atoms with Crippen molar-refractivity contribution < 1.29 is 22.3 Å². The smallest absolute Gasteiger partial charge is 0.420 e. The lowest BCUT2D eigenvalue weighted by Crippen LogP contribution is -2.26. The number of nitrogens with one attached hydrogen (secondary N) is 1. The average Bonchev–Trinajstić information content (AvgIpc) is 3.14. The topological polar surface area (TPSA) is 106 Å². The van der Waals surface area contributed by atoms with Gasteiger partial charge in [0.25, 0.3) is 5.56 Å². The van der Waals surface area contributed by atoms with E-state index in [2.05, 4.69) is 10.2 Å². The van der Waals surface area contributed by atoms with Crippen molar-refractivity contribution in [3.8, 4) is 28.7 Å². The summed E-state index contributed by atoms with van der Waals surface area (Å²) in [5.74, 6) is -2.66. The Kier molecular flexibility index (Phi) is 6.00. The highest BCUT2D eigenvalue weighted by Crippen LogP contribution is 2.37. The Balaban J connectivity index is 1.74. The molecule has 12 heteroatoms. The van der Waals surface area contributed by atoms with E-state index in [4.69, 9.17) is 10.00 Å². The van der Waals surface area contributed by atoms with Gasteiger partial charge in [-0.15, -0.1) is 0 Å². The van der Waals surface area contributed by atoms with Crippen molar-refractivity contribution in [1.82, 2.24) is 19.3 Å². The van der Waals surface area contributed by atoms with Gasteiger partial charge in [0.15, 0.2) is 17.4 Å². The van der Waals surface area contributed by atoms with Crippen molar-refractivity contribution in [2.24, 2.45) is 7.05 Å². The molecular weight excluding hydrogens is 470 g/mol. The van der Waals surface area contributed by atoms with Crippen molar-refractivity contribution in [1.29, 1.82) is 5.26 Å². The SMILES string of the molecule is Cn1c(Cn2ccc(C(F)(F)F)c(Oc3ccc(-c4cccc(C#N)c4)cc3F)c2=O)n[nH]c1=O. The van der Waals surface area contributed by atoms with Crippen LogP contribution in [0.2, 0.25) is 0 Å². The lowest BCUT2D eigenvalue weighted by atomic mass is 10.0. The first kappa shape index (κ1) is 23.5. The molecule has 0 fully saturated rings. The second kappa shape index (κ2) is 8.94.